The lowest BCUT2D eigenvalue weighted by molar-refractivity contribution is 0.400. The highest BCUT2D eigenvalue weighted by atomic mass is 79.9. The summed E-state index contributed by atoms with van der Waals surface area (Å²) in [5.41, 5.74) is 1.89. The molecule has 0 aliphatic carbocycles. The first-order valence-electron chi connectivity index (χ1n) is 6.84. The van der Waals surface area contributed by atoms with Crippen LogP contribution in [0.25, 0.3) is 0 Å². The van der Waals surface area contributed by atoms with Crippen LogP contribution >= 0.6 is 15.9 Å². The van der Waals surface area contributed by atoms with Crippen LogP contribution in [0.4, 0.5) is 4.39 Å². The largest absolute Gasteiger partial charge is 0.493 e. The van der Waals surface area contributed by atoms with Gasteiger partial charge in [-0.1, -0.05) is 13.0 Å². The molecule has 6 heteroatoms. The van der Waals surface area contributed by atoms with Gasteiger partial charge in [-0.3, -0.25) is 4.68 Å². The number of aryl methyl sites for hydroxylation is 1. The lowest BCUT2D eigenvalue weighted by atomic mass is 10.0. The summed E-state index contributed by atoms with van der Waals surface area (Å²) in [6, 6.07) is 4.88. The predicted molar refractivity (Wildman–Crippen MR) is 84.1 cm³/mol. The first-order valence-corrected chi connectivity index (χ1v) is 7.63. The summed E-state index contributed by atoms with van der Waals surface area (Å²) in [6.45, 7) is 2.90. The average molecular weight is 356 g/mol. The van der Waals surface area contributed by atoms with Crippen molar-refractivity contribution in [1.82, 2.24) is 15.1 Å². The zero-order valence-electron chi connectivity index (χ0n) is 12.4. The van der Waals surface area contributed by atoms with Crippen LogP contribution in [0.2, 0.25) is 0 Å². The molecule has 0 spiro atoms. The van der Waals surface area contributed by atoms with Gasteiger partial charge >= 0.3 is 0 Å². The Hall–Kier alpha value is -1.40. The van der Waals surface area contributed by atoms with Crippen molar-refractivity contribution in [2.75, 3.05) is 14.2 Å². The van der Waals surface area contributed by atoms with Crippen LogP contribution in [0.1, 0.15) is 30.6 Å². The van der Waals surface area contributed by atoms with Crippen LogP contribution in [-0.2, 0) is 6.54 Å². The Morgan fingerprint density at radius 2 is 2.24 bits per heavy atom. The van der Waals surface area contributed by atoms with E-state index in [2.05, 4.69) is 33.3 Å². The molecule has 1 heterocycles. The molecule has 0 amide bonds. The van der Waals surface area contributed by atoms with Gasteiger partial charge in [-0.15, -0.1) is 0 Å². The zero-order chi connectivity index (χ0) is 15.4. The van der Waals surface area contributed by atoms with Crippen molar-refractivity contribution in [3.05, 3.63) is 45.9 Å². The van der Waals surface area contributed by atoms with Gasteiger partial charge in [0, 0.05) is 6.54 Å². The van der Waals surface area contributed by atoms with Gasteiger partial charge in [-0.2, -0.15) is 5.10 Å². The molecule has 0 aliphatic rings. The highest BCUT2D eigenvalue weighted by Gasteiger charge is 2.22. The van der Waals surface area contributed by atoms with Crippen molar-refractivity contribution < 1.29 is 9.13 Å². The van der Waals surface area contributed by atoms with E-state index in [0.29, 0.717) is 4.47 Å². The van der Waals surface area contributed by atoms with E-state index in [4.69, 9.17) is 4.74 Å². The van der Waals surface area contributed by atoms with Gasteiger partial charge in [0.05, 0.1) is 23.8 Å². The molecule has 114 valence electrons. The molecule has 0 aliphatic heterocycles. The smallest absolute Gasteiger partial charge is 0.161 e. The maximum atomic E-state index is 13.4. The number of hydrogen-bond acceptors (Lipinski definition) is 3. The molecule has 1 atom stereocenters. The topological polar surface area (TPSA) is 39.1 Å². The minimum atomic E-state index is -0.275. The van der Waals surface area contributed by atoms with E-state index < -0.39 is 0 Å². The van der Waals surface area contributed by atoms with Gasteiger partial charge in [0.2, 0.25) is 0 Å². The molecular weight excluding hydrogens is 337 g/mol. The second kappa shape index (κ2) is 7.04. The Balaban J connectivity index is 2.49. The third-order valence-electron chi connectivity index (χ3n) is 3.34. The molecule has 0 saturated heterocycles. The van der Waals surface area contributed by atoms with Crippen molar-refractivity contribution >= 4 is 15.9 Å². The number of nitrogens with zero attached hydrogens (tertiary/aromatic N) is 2. The molecular formula is C15H19BrFN3O. The molecule has 0 fully saturated rings. The molecule has 2 rings (SSSR count). The number of halogens is 2. The number of aromatic nitrogens is 2. The zero-order valence-corrected chi connectivity index (χ0v) is 13.9. The van der Waals surface area contributed by atoms with Gasteiger partial charge in [0.15, 0.2) is 5.75 Å². The van der Waals surface area contributed by atoms with E-state index in [1.54, 1.807) is 25.4 Å². The fourth-order valence-corrected chi connectivity index (χ4v) is 2.77. The van der Waals surface area contributed by atoms with E-state index in [-0.39, 0.29) is 11.9 Å². The van der Waals surface area contributed by atoms with Crippen LogP contribution < -0.4 is 10.1 Å². The standard InChI is InChI=1S/C15H19BrFN3O/c1-4-7-20-15(13(21-3)9-19-20)14(18-2)10-5-6-12(17)11(16)8-10/h5-6,8-9,14,18H,4,7H2,1-3H3. The van der Waals surface area contributed by atoms with E-state index in [1.807, 2.05) is 11.7 Å². The van der Waals surface area contributed by atoms with E-state index >= 15 is 0 Å². The number of ether oxygens (including phenoxy) is 1. The Labute approximate surface area is 132 Å². The number of methoxy groups -OCH3 is 1. The minimum Gasteiger partial charge on any atom is -0.493 e. The van der Waals surface area contributed by atoms with Crippen LogP contribution in [0, 0.1) is 5.82 Å². The third kappa shape index (κ3) is 3.27. The summed E-state index contributed by atoms with van der Waals surface area (Å²) in [7, 11) is 3.49. The molecule has 1 aromatic carbocycles. The number of hydrogen-bond donors (Lipinski definition) is 1. The number of rotatable bonds is 6. The van der Waals surface area contributed by atoms with Gasteiger partial charge in [0.25, 0.3) is 0 Å². The van der Waals surface area contributed by atoms with Crippen LogP contribution in [0.3, 0.4) is 0 Å². The van der Waals surface area contributed by atoms with Crippen molar-refractivity contribution in [1.29, 1.82) is 0 Å². The Bertz CT molecular complexity index is 615. The summed E-state index contributed by atoms with van der Waals surface area (Å²) in [5.74, 6) is 0.450. The van der Waals surface area contributed by atoms with Gasteiger partial charge < -0.3 is 10.1 Å². The fourth-order valence-electron chi connectivity index (χ4n) is 2.37. The third-order valence-corrected chi connectivity index (χ3v) is 3.95. The summed E-state index contributed by atoms with van der Waals surface area (Å²) in [5, 5.41) is 7.63. The number of nitrogens with one attached hydrogen (secondary N) is 1. The summed E-state index contributed by atoms with van der Waals surface area (Å²) in [6.07, 6.45) is 2.69. The maximum Gasteiger partial charge on any atom is 0.161 e. The lowest BCUT2D eigenvalue weighted by Crippen LogP contribution is -2.22. The first-order chi connectivity index (χ1) is 10.1. The highest BCUT2D eigenvalue weighted by Crippen LogP contribution is 2.31. The Morgan fingerprint density at radius 3 is 2.81 bits per heavy atom. The molecule has 4 nitrogen and oxygen atoms in total. The molecule has 0 radical (unpaired) electrons. The Kier molecular flexibility index (Phi) is 5.36. The monoisotopic (exact) mass is 355 g/mol. The van der Waals surface area contributed by atoms with Gasteiger partial charge in [-0.25, -0.2) is 4.39 Å². The summed E-state index contributed by atoms with van der Waals surface area (Å²) >= 11 is 3.24. The number of benzene rings is 1. The molecule has 1 N–H and O–H groups in total. The molecule has 2 aromatic rings. The fraction of sp³-hybridized carbons (Fsp3) is 0.400. The van der Waals surface area contributed by atoms with Gasteiger partial charge in [-0.05, 0) is 47.1 Å². The van der Waals surface area contributed by atoms with Crippen molar-refractivity contribution in [3.8, 4) is 5.75 Å². The van der Waals surface area contributed by atoms with Crippen LogP contribution in [0.15, 0.2) is 28.9 Å². The van der Waals surface area contributed by atoms with Crippen molar-refractivity contribution in [2.45, 2.75) is 25.9 Å². The maximum absolute atomic E-state index is 13.4. The van der Waals surface area contributed by atoms with Crippen molar-refractivity contribution in [2.24, 2.45) is 0 Å². The molecule has 1 aromatic heterocycles. The van der Waals surface area contributed by atoms with E-state index in [9.17, 15) is 4.39 Å². The average Bonchev–Trinajstić information content (AvgIpc) is 2.87. The molecule has 0 saturated carbocycles. The van der Waals surface area contributed by atoms with E-state index in [0.717, 1.165) is 30.0 Å². The quantitative estimate of drug-likeness (QED) is 0.861. The molecule has 0 bridgehead atoms. The molecule has 21 heavy (non-hydrogen) atoms. The highest BCUT2D eigenvalue weighted by molar-refractivity contribution is 9.10. The SMILES string of the molecule is CCCn1ncc(OC)c1C(NC)c1ccc(F)c(Br)c1. The molecule has 1 unspecified atom stereocenters. The second-order valence-electron chi connectivity index (χ2n) is 4.72. The normalized spacial score (nSPS) is 12.4. The van der Waals surface area contributed by atoms with Crippen molar-refractivity contribution in [3.63, 3.8) is 0 Å². The summed E-state index contributed by atoms with van der Waals surface area (Å²) < 4.78 is 21.2. The van der Waals surface area contributed by atoms with E-state index in [1.165, 1.54) is 6.07 Å². The van der Waals surface area contributed by atoms with Gasteiger partial charge in [0.1, 0.15) is 11.5 Å². The van der Waals surface area contributed by atoms with Crippen LogP contribution in [-0.4, -0.2) is 23.9 Å². The Morgan fingerprint density at radius 1 is 1.48 bits per heavy atom. The summed E-state index contributed by atoms with van der Waals surface area (Å²) in [4.78, 5) is 0. The second-order valence-corrected chi connectivity index (χ2v) is 5.57. The first kappa shape index (κ1) is 16.0. The van der Waals surface area contributed by atoms with Crippen LogP contribution in [0.5, 0.6) is 5.75 Å². The minimum absolute atomic E-state index is 0.120. The lowest BCUT2D eigenvalue weighted by Gasteiger charge is -2.20. The predicted octanol–water partition coefficient (Wildman–Crippen LogP) is 3.51.